The first-order valence-electron chi connectivity index (χ1n) is 4.61. The third kappa shape index (κ3) is 7.48. The Hall–Kier alpha value is -1.40. The van der Waals surface area contributed by atoms with Gasteiger partial charge in [0.05, 0.1) is 18.8 Å². The van der Waals surface area contributed by atoms with E-state index < -0.39 is 56.4 Å². The van der Waals surface area contributed by atoms with Crippen LogP contribution in [-0.4, -0.2) is 50.4 Å². The summed E-state index contributed by atoms with van der Waals surface area (Å²) < 4.78 is 11.5. The highest BCUT2D eigenvalue weighted by molar-refractivity contribution is 7.58. The summed E-state index contributed by atoms with van der Waals surface area (Å²) >= 11 is 0. The highest BCUT2D eigenvalue weighted by atomic mass is 31.2. The van der Waals surface area contributed by atoms with Gasteiger partial charge in [0.2, 0.25) is 7.37 Å². The van der Waals surface area contributed by atoms with Crippen LogP contribution in [0.4, 0.5) is 0 Å². The van der Waals surface area contributed by atoms with Crippen molar-refractivity contribution in [1.29, 1.82) is 0 Å². The minimum atomic E-state index is -3.94. The van der Waals surface area contributed by atoms with Crippen LogP contribution in [-0.2, 0) is 18.9 Å². The quantitative estimate of drug-likeness (QED) is 0.446. The van der Waals surface area contributed by atoms with Gasteiger partial charge in [-0.3, -0.25) is 18.9 Å². The summed E-state index contributed by atoms with van der Waals surface area (Å²) in [6.07, 6.45) is -2.63. The SMILES string of the molecule is O=C(O)CCP(=O)(O)CC(CC(=O)O)C(=O)O. The van der Waals surface area contributed by atoms with Crippen LogP contribution in [0.3, 0.4) is 0 Å². The van der Waals surface area contributed by atoms with E-state index in [0.29, 0.717) is 0 Å². The number of aliphatic carboxylic acids is 3. The van der Waals surface area contributed by atoms with Crippen LogP contribution < -0.4 is 0 Å². The Morgan fingerprint density at radius 1 is 1.06 bits per heavy atom. The Morgan fingerprint density at radius 3 is 1.94 bits per heavy atom. The van der Waals surface area contributed by atoms with Crippen molar-refractivity contribution in [3.63, 3.8) is 0 Å². The first-order valence-corrected chi connectivity index (χ1v) is 6.64. The zero-order valence-corrected chi connectivity index (χ0v) is 9.67. The van der Waals surface area contributed by atoms with E-state index in [2.05, 4.69) is 0 Å². The smallest absolute Gasteiger partial charge is 0.307 e. The number of carbonyl (C=O) groups is 3. The number of carboxylic acid groups (broad SMARTS) is 3. The molecule has 2 atom stereocenters. The van der Waals surface area contributed by atoms with E-state index in [4.69, 9.17) is 15.3 Å². The van der Waals surface area contributed by atoms with Crippen molar-refractivity contribution >= 4 is 25.3 Å². The van der Waals surface area contributed by atoms with Crippen LogP contribution in [0.5, 0.6) is 0 Å². The average molecular weight is 268 g/mol. The Kier molecular flexibility index (Phi) is 5.84. The third-order valence-electron chi connectivity index (χ3n) is 1.95. The second-order valence-corrected chi connectivity index (χ2v) is 6.03. The highest BCUT2D eigenvalue weighted by Crippen LogP contribution is 2.43. The van der Waals surface area contributed by atoms with Crippen LogP contribution in [0.25, 0.3) is 0 Å². The molecule has 0 heterocycles. The Morgan fingerprint density at radius 2 is 1.59 bits per heavy atom. The van der Waals surface area contributed by atoms with E-state index in [0.717, 1.165) is 0 Å². The molecular weight excluding hydrogens is 255 g/mol. The van der Waals surface area contributed by atoms with E-state index >= 15 is 0 Å². The fraction of sp³-hybridized carbons (Fsp3) is 0.625. The molecule has 0 aromatic heterocycles. The van der Waals surface area contributed by atoms with Crippen molar-refractivity contribution in [3.8, 4) is 0 Å². The number of rotatable bonds is 8. The molecule has 17 heavy (non-hydrogen) atoms. The van der Waals surface area contributed by atoms with Crippen molar-refractivity contribution in [2.45, 2.75) is 12.8 Å². The Balaban J connectivity index is 4.52. The van der Waals surface area contributed by atoms with Gasteiger partial charge >= 0.3 is 17.9 Å². The predicted octanol–water partition coefficient (Wildman–Crippen LogP) is -0.0930. The molecule has 0 rings (SSSR count). The molecule has 2 unspecified atom stereocenters. The first kappa shape index (κ1) is 15.6. The van der Waals surface area contributed by atoms with Gasteiger partial charge in [0.25, 0.3) is 0 Å². The molecular formula is C8H13O8P. The van der Waals surface area contributed by atoms with Crippen LogP contribution in [0.1, 0.15) is 12.8 Å². The maximum Gasteiger partial charge on any atom is 0.307 e. The van der Waals surface area contributed by atoms with E-state index in [1.807, 2.05) is 0 Å². The molecule has 0 radical (unpaired) electrons. The lowest BCUT2D eigenvalue weighted by atomic mass is 10.1. The molecule has 98 valence electrons. The monoisotopic (exact) mass is 268 g/mol. The lowest BCUT2D eigenvalue weighted by Crippen LogP contribution is -2.22. The largest absolute Gasteiger partial charge is 0.481 e. The van der Waals surface area contributed by atoms with Crippen molar-refractivity contribution < 1.29 is 39.2 Å². The second-order valence-electron chi connectivity index (χ2n) is 3.53. The lowest BCUT2D eigenvalue weighted by Gasteiger charge is -2.15. The number of hydrogen-bond acceptors (Lipinski definition) is 4. The van der Waals surface area contributed by atoms with Crippen LogP contribution in [0.15, 0.2) is 0 Å². The van der Waals surface area contributed by atoms with Gasteiger partial charge in [0.15, 0.2) is 0 Å². The summed E-state index contributed by atoms with van der Waals surface area (Å²) in [5.41, 5.74) is 0. The number of hydrogen-bond donors (Lipinski definition) is 4. The molecule has 0 aromatic carbocycles. The molecule has 0 saturated carbocycles. The van der Waals surface area contributed by atoms with Gasteiger partial charge in [-0.2, -0.15) is 0 Å². The molecule has 0 bridgehead atoms. The molecule has 0 aliphatic carbocycles. The maximum atomic E-state index is 11.5. The predicted molar refractivity (Wildman–Crippen MR) is 55.2 cm³/mol. The molecule has 0 amide bonds. The topological polar surface area (TPSA) is 149 Å². The van der Waals surface area contributed by atoms with Gasteiger partial charge in [-0.25, -0.2) is 0 Å². The Bertz CT molecular complexity index is 363. The molecule has 0 aliphatic heterocycles. The summed E-state index contributed by atoms with van der Waals surface area (Å²) in [4.78, 5) is 40.5. The van der Waals surface area contributed by atoms with Crippen molar-refractivity contribution in [2.75, 3.05) is 12.3 Å². The minimum Gasteiger partial charge on any atom is -0.481 e. The normalized spacial score (nSPS) is 15.8. The molecule has 0 saturated heterocycles. The van der Waals surface area contributed by atoms with E-state index in [1.165, 1.54) is 0 Å². The van der Waals surface area contributed by atoms with Gasteiger partial charge in [-0.1, -0.05) is 0 Å². The molecule has 0 aromatic rings. The average Bonchev–Trinajstić information content (AvgIpc) is 2.12. The van der Waals surface area contributed by atoms with Gasteiger partial charge in [0.1, 0.15) is 0 Å². The maximum absolute atomic E-state index is 11.5. The zero-order valence-electron chi connectivity index (χ0n) is 8.77. The Labute approximate surface area is 96.3 Å². The first-order chi connectivity index (χ1) is 7.64. The molecule has 8 nitrogen and oxygen atoms in total. The van der Waals surface area contributed by atoms with Crippen molar-refractivity contribution in [2.24, 2.45) is 5.92 Å². The fourth-order valence-corrected chi connectivity index (χ4v) is 2.84. The highest BCUT2D eigenvalue weighted by Gasteiger charge is 2.30. The summed E-state index contributed by atoms with van der Waals surface area (Å²) in [7, 11) is -3.94. The third-order valence-corrected chi connectivity index (χ3v) is 3.88. The molecule has 4 N–H and O–H groups in total. The van der Waals surface area contributed by atoms with Crippen molar-refractivity contribution in [1.82, 2.24) is 0 Å². The van der Waals surface area contributed by atoms with Gasteiger partial charge in [-0.15, -0.1) is 0 Å². The van der Waals surface area contributed by atoms with Crippen LogP contribution in [0, 0.1) is 5.92 Å². The summed E-state index contributed by atoms with van der Waals surface area (Å²) in [5, 5.41) is 25.4. The van der Waals surface area contributed by atoms with Crippen molar-refractivity contribution in [3.05, 3.63) is 0 Å². The van der Waals surface area contributed by atoms with Gasteiger partial charge in [-0.05, 0) is 0 Å². The molecule has 0 aliphatic rings. The summed E-state index contributed by atoms with van der Waals surface area (Å²) in [5.74, 6) is -5.64. The summed E-state index contributed by atoms with van der Waals surface area (Å²) in [6, 6.07) is 0. The lowest BCUT2D eigenvalue weighted by molar-refractivity contribution is -0.147. The zero-order chi connectivity index (χ0) is 13.6. The van der Waals surface area contributed by atoms with Crippen LogP contribution >= 0.6 is 7.37 Å². The fourth-order valence-electron chi connectivity index (χ4n) is 1.15. The molecule has 0 spiro atoms. The molecule has 9 heteroatoms. The van der Waals surface area contributed by atoms with Gasteiger partial charge in [0, 0.05) is 12.3 Å². The van der Waals surface area contributed by atoms with E-state index in [9.17, 15) is 23.8 Å². The second kappa shape index (κ2) is 6.36. The molecule has 0 fully saturated rings. The minimum absolute atomic E-state index is 0.562. The number of carboxylic acids is 3. The standard InChI is InChI=1S/C8H13O8P/c9-6(10)1-2-17(15,16)4-5(8(13)14)3-7(11)12/h5H,1-4H2,(H,9,10)(H,11,12)(H,13,14)(H,15,16). The van der Waals surface area contributed by atoms with Crippen LogP contribution in [0.2, 0.25) is 0 Å². The van der Waals surface area contributed by atoms with E-state index in [-0.39, 0.29) is 0 Å². The van der Waals surface area contributed by atoms with Gasteiger partial charge < -0.3 is 20.2 Å². The summed E-state index contributed by atoms with van der Waals surface area (Å²) in [6.45, 7) is 0. The van der Waals surface area contributed by atoms with E-state index in [1.54, 1.807) is 0 Å².